The quantitative estimate of drug-likeness (QED) is 0.447. The highest BCUT2D eigenvalue weighted by Gasteiger charge is 2.09. The third kappa shape index (κ3) is 8.24. The lowest BCUT2D eigenvalue weighted by molar-refractivity contribution is -0.127. The van der Waals surface area contributed by atoms with Crippen molar-refractivity contribution in [2.45, 2.75) is 20.8 Å². The molecule has 0 saturated heterocycles. The van der Waals surface area contributed by atoms with E-state index in [0.29, 0.717) is 5.92 Å². The van der Waals surface area contributed by atoms with Crippen molar-refractivity contribution < 1.29 is 4.79 Å². The molecule has 0 unspecified atom stereocenters. The van der Waals surface area contributed by atoms with Crippen LogP contribution in [0.2, 0.25) is 0 Å². The number of likely N-dealkylation sites (N-methyl/N-ethyl adjacent to an activating group) is 2. The van der Waals surface area contributed by atoms with Gasteiger partial charge in [0.15, 0.2) is 5.96 Å². The van der Waals surface area contributed by atoms with Crippen molar-refractivity contribution >= 4 is 11.9 Å². The van der Waals surface area contributed by atoms with Gasteiger partial charge in [-0.3, -0.25) is 4.79 Å². The molecule has 1 amide bonds. The molecule has 0 aliphatic carbocycles. The first kappa shape index (κ1) is 17.5. The zero-order chi connectivity index (χ0) is 15.0. The molecule has 5 nitrogen and oxygen atoms in total. The fraction of sp³-hybridized carbons (Fsp3) is 0.714. The Morgan fingerprint density at radius 3 is 2.32 bits per heavy atom. The second kappa shape index (κ2) is 8.56. The van der Waals surface area contributed by atoms with Gasteiger partial charge in [0.05, 0.1) is 0 Å². The number of guanidine groups is 1. The van der Waals surface area contributed by atoms with Gasteiger partial charge < -0.3 is 15.1 Å². The van der Waals surface area contributed by atoms with Crippen LogP contribution in [0, 0.1) is 5.92 Å². The molecule has 0 bridgehead atoms. The average molecular weight is 268 g/mol. The van der Waals surface area contributed by atoms with Crippen molar-refractivity contribution in [3.05, 3.63) is 12.2 Å². The number of nitrogens with one attached hydrogen (secondary N) is 1. The largest absolute Gasteiger partial charge is 0.356 e. The third-order valence-electron chi connectivity index (χ3n) is 2.40. The van der Waals surface area contributed by atoms with Gasteiger partial charge in [0, 0.05) is 34.2 Å². The number of nitrogens with zero attached hydrogens (tertiary/aromatic N) is 3. The lowest BCUT2D eigenvalue weighted by Gasteiger charge is -2.23. The van der Waals surface area contributed by atoms with E-state index in [0.717, 1.165) is 24.6 Å². The van der Waals surface area contributed by atoms with Crippen molar-refractivity contribution in [2.75, 3.05) is 40.8 Å². The van der Waals surface area contributed by atoms with Crippen molar-refractivity contribution in [1.29, 1.82) is 0 Å². The predicted molar refractivity (Wildman–Crippen MR) is 81.3 cm³/mol. The smallest absolute Gasteiger partial charge is 0.243 e. The van der Waals surface area contributed by atoms with E-state index in [1.165, 1.54) is 0 Å². The van der Waals surface area contributed by atoms with Crippen LogP contribution in [-0.4, -0.2) is 62.4 Å². The van der Waals surface area contributed by atoms with Gasteiger partial charge in [0.2, 0.25) is 5.91 Å². The maximum absolute atomic E-state index is 11.6. The van der Waals surface area contributed by atoms with E-state index in [2.05, 4.69) is 30.7 Å². The van der Waals surface area contributed by atoms with E-state index < -0.39 is 0 Å². The highest BCUT2D eigenvalue weighted by molar-refractivity contribution is 5.84. The lowest BCUT2D eigenvalue weighted by Crippen LogP contribution is -2.42. The molecule has 110 valence electrons. The van der Waals surface area contributed by atoms with Crippen molar-refractivity contribution in [1.82, 2.24) is 15.1 Å². The summed E-state index contributed by atoms with van der Waals surface area (Å²) < 4.78 is 0. The van der Waals surface area contributed by atoms with Gasteiger partial charge in [-0.2, -0.15) is 0 Å². The topological polar surface area (TPSA) is 47.9 Å². The summed E-state index contributed by atoms with van der Waals surface area (Å²) in [6, 6.07) is 0. The molecule has 0 saturated carbocycles. The Morgan fingerprint density at radius 2 is 1.89 bits per heavy atom. The number of hydrogen-bond acceptors (Lipinski definition) is 2. The second-order valence-electron chi connectivity index (χ2n) is 5.52. The second-order valence-corrected chi connectivity index (χ2v) is 5.52. The molecule has 0 aliphatic rings. The van der Waals surface area contributed by atoms with Gasteiger partial charge >= 0.3 is 0 Å². The highest BCUT2D eigenvalue weighted by atomic mass is 16.2. The van der Waals surface area contributed by atoms with Crippen LogP contribution in [0.5, 0.6) is 0 Å². The summed E-state index contributed by atoms with van der Waals surface area (Å²) in [5.41, 5.74) is 1.06. The van der Waals surface area contributed by atoms with Crippen LogP contribution >= 0.6 is 0 Å². The van der Waals surface area contributed by atoms with Gasteiger partial charge in [-0.15, -0.1) is 0 Å². The van der Waals surface area contributed by atoms with Crippen molar-refractivity contribution in [3.8, 4) is 0 Å². The number of carbonyl (C=O) groups is 1. The summed E-state index contributed by atoms with van der Waals surface area (Å²) in [7, 11) is 5.41. The molecule has 19 heavy (non-hydrogen) atoms. The molecule has 0 spiro atoms. The van der Waals surface area contributed by atoms with E-state index in [4.69, 9.17) is 0 Å². The molecule has 0 aliphatic heterocycles. The Morgan fingerprint density at radius 1 is 1.32 bits per heavy atom. The predicted octanol–water partition coefficient (Wildman–Crippen LogP) is 1.18. The molecular weight excluding hydrogens is 240 g/mol. The fourth-order valence-electron chi connectivity index (χ4n) is 1.37. The van der Waals surface area contributed by atoms with Gasteiger partial charge in [0.1, 0.15) is 6.54 Å². The molecule has 0 heterocycles. The number of amides is 1. The standard InChI is InChI=1S/C14H28N4O/c1-11(2)8-15-14(18(7)10-12(3)4)16-9-13(19)17(5)6/h11H,3,8-10H2,1-2,4-7H3,(H,15,16). The molecule has 1 N–H and O–H groups in total. The zero-order valence-corrected chi connectivity index (χ0v) is 13.2. The van der Waals surface area contributed by atoms with Gasteiger partial charge in [0.25, 0.3) is 0 Å². The van der Waals surface area contributed by atoms with Gasteiger partial charge in [-0.25, -0.2) is 4.99 Å². The zero-order valence-electron chi connectivity index (χ0n) is 13.2. The van der Waals surface area contributed by atoms with E-state index in [1.807, 2.05) is 18.9 Å². The van der Waals surface area contributed by atoms with E-state index in [1.54, 1.807) is 19.0 Å². The SMILES string of the molecule is C=C(C)CN(C)C(=NCC(=O)N(C)C)NCC(C)C. The van der Waals surface area contributed by atoms with Crippen molar-refractivity contribution in [2.24, 2.45) is 10.9 Å². The van der Waals surface area contributed by atoms with E-state index in [-0.39, 0.29) is 12.5 Å². The Labute approximate surface area is 117 Å². The van der Waals surface area contributed by atoms with Crippen LogP contribution in [0.4, 0.5) is 0 Å². The Hall–Kier alpha value is -1.52. The van der Waals surface area contributed by atoms with Crippen LogP contribution in [0.3, 0.4) is 0 Å². The molecule has 0 rings (SSSR count). The maximum atomic E-state index is 11.6. The lowest BCUT2D eigenvalue weighted by atomic mass is 10.2. The Balaban J connectivity index is 4.68. The van der Waals surface area contributed by atoms with Gasteiger partial charge in [-0.1, -0.05) is 26.0 Å². The molecular formula is C14H28N4O. The normalized spacial score (nSPS) is 11.4. The van der Waals surface area contributed by atoms with Crippen LogP contribution in [0.1, 0.15) is 20.8 Å². The highest BCUT2D eigenvalue weighted by Crippen LogP contribution is 1.96. The molecule has 0 radical (unpaired) electrons. The van der Waals surface area contributed by atoms with Crippen LogP contribution in [0.25, 0.3) is 0 Å². The summed E-state index contributed by atoms with van der Waals surface area (Å²) in [4.78, 5) is 19.5. The molecule has 0 aromatic rings. The molecule has 0 aromatic heterocycles. The number of aliphatic imine (C=N–C) groups is 1. The van der Waals surface area contributed by atoms with Crippen LogP contribution in [0.15, 0.2) is 17.1 Å². The average Bonchev–Trinajstić information content (AvgIpc) is 2.26. The summed E-state index contributed by atoms with van der Waals surface area (Å²) >= 11 is 0. The molecule has 5 heteroatoms. The molecule has 0 aromatic carbocycles. The fourth-order valence-corrected chi connectivity index (χ4v) is 1.37. The Bertz CT molecular complexity index is 334. The number of carbonyl (C=O) groups excluding carboxylic acids is 1. The first-order valence-electron chi connectivity index (χ1n) is 6.58. The van der Waals surface area contributed by atoms with E-state index in [9.17, 15) is 4.79 Å². The van der Waals surface area contributed by atoms with E-state index >= 15 is 0 Å². The van der Waals surface area contributed by atoms with Crippen LogP contribution < -0.4 is 5.32 Å². The first-order chi connectivity index (χ1) is 8.73. The number of hydrogen-bond donors (Lipinski definition) is 1. The number of rotatable bonds is 6. The van der Waals surface area contributed by atoms with Gasteiger partial charge in [-0.05, 0) is 12.8 Å². The monoisotopic (exact) mass is 268 g/mol. The third-order valence-corrected chi connectivity index (χ3v) is 2.40. The summed E-state index contributed by atoms with van der Waals surface area (Å²) in [5, 5.41) is 3.28. The summed E-state index contributed by atoms with van der Waals surface area (Å²) in [5.74, 6) is 1.26. The van der Waals surface area contributed by atoms with Crippen molar-refractivity contribution in [3.63, 3.8) is 0 Å². The molecule has 0 atom stereocenters. The minimum atomic E-state index is -0.00688. The Kier molecular flexibility index (Phi) is 7.87. The minimum Gasteiger partial charge on any atom is -0.356 e. The maximum Gasteiger partial charge on any atom is 0.243 e. The molecule has 0 fully saturated rings. The first-order valence-corrected chi connectivity index (χ1v) is 6.58. The minimum absolute atomic E-state index is 0.00688. The summed E-state index contributed by atoms with van der Waals surface area (Å²) in [6.07, 6.45) is 0. The van der Waals surface area contributed by atoms with Crippen LogP contribution in [-0.2, 0) is 4.79 Å². The summed E-state index contributed by atoms with van der Waals surface area (Å²) in [6.45, 7) is 11.8.